The molecule has 30 heavy (non-hydrogen) atoms. The predicted octanol–water partition coefficient (Wildman–Crippen LogP) is 3.87. The molecule has 5 rings (SSSR count). The molecule has 3 aromatic rings. The number of hydrogen-bond donors (Lipinski definition) is 0. The van der Waals surface area contributed by atoms with Crippen molar-refractivity contribution in [3.63, 3.8) is 0 Å². The van der Waals surface area contributed by atoms with Crippen molar-refractivity contribution < 1.29 is 4.74 Å². The molecule has 1 saturated carbocycles. The van der Waals surface area contributed by atoms with Crippen LogP contribution in [0.5, 0.6) is 0 Å². The summed E-state index contributed by atoms with van der Waals surface area (Å²) in [5.74, 6) is 1.79. The average Bonchev–Trinajstić information content (AvgIpc) is 3.41. The van der Waals surface area contributed by atoms with Gasteiger partial charge in [0.05, 0.1) is 0 Å². The molecular formula is C24H30N4O2. The quantitative estimate of drug-likeness (QED) is 0.645. The molecule has 0 bridgehead atoms. The second kappa shape index (κ2) is 8.34. The third-order valence-electron chi connectivity index (χ3n) is 6.75. The van der Waals surface area contributed by atoms with E-state index in [0.29, 0.717) is 17.5 Å². The predicted molar refractivity (Wildman–Crippen MR) is 116 cm³/mol. The number of benzene rings is 1. The molecule has 1 aliphatic heterocycles. The van der Waals surface area contributed by atoms with E-state index in [2.05, 4.69) is 47.6 Å². The first-order valence-electron chi connectivity index (χ1n) is 11.3. The van der Waals surface area contributed by atoms with Gasteiger partial charge >= 0.3 is 0 Å². The van der Waals surface area contributed by atoms with Crippen molar-refractivity contribution in [1.82, 2.24) is 19.2 Å². The molecule has 0 atom stereocenters. The van der Waals surface area contributed by atoms with Crippen LogP contribution in [0.2, 0.25) is 0 Å². The fourth-order valence-electron chi connectivity index (χ4n) is 5.10. The van der Waals surface area contributed by atoms with E-state index in [1.165, 1.54) is 36.8 Å². The lowest BCUT2D eigenvalue weighted by molar-refractivity contribution is 0.0834. The Bertz CT molecular complexity index is 1090. The van der Waals surface area contributed by atoms with Crippen LogP contribution in [0.25, 0.3) is 5.65 Å². The first kappa shape index (κ1) is 19.5. The van der Waals surface area contributed by atoms with E-state index in [4.69, 9.17) is 4.74 Å². The minimum atomic E-state index is -0.00198. The van der Waals surface area contributed by atoms with Gasteiger partial charge in [0, 0.05) is 44.0 Å². The minimum absolute atomic E-state index is 0.00198. The maximum atomic E-state index is 13.5. The van der Waals surface area contributed by atoms with Gasteiger partial charge in [0.1, 0.15) is 5.82 Å². The zero-order chi connectivity index (χ0) is 20.5. The van der Waals surface area contributed by atoms with E-state index in [1.54, 1.807) is 0 Å². The highest BCUT2D eigenvalue weighted by atomic mass is 16.5. The second-order valence-corrected chi connectivity index (χ2v) is 8.99. The molecule has 6 heteroatoms. The molecule has 2 aliphatic rings. The van der Waals surface area contributed by atoms with Crippen LogP contribution in [-0.4, -0.2) is 32.4 Å². The first-order valence-corrected chi connectivity index (χ1v) is 11.3. The number of rotatable bonds is 5. The normalized spacial score (nSPS) is 18.4. The zero-order valence-corrected chi connectivity index (χ0v) is 17.7. The lowest BCUT2D eigenvalue weighted by Crippen LogP contribution is -2.29. The summed E-state index contributed by atoms with van der Waals surface area (Å²) in [5.41, 5.74) is 3.98. The van der Waals surface area contributed by atoms with Crippen LogP contribution in [0.15, 0.2) is 35.3 Å². The van der Waals surface area contributed by atoms with Crippen molar-refractivity contribution in [3.05, 3.63) is 63.5 Å². The maximum absolute atomic E-state index is 13.5. The Balaban J connectivity index is 1.60. The highest BCUT2D eigenvalue weighted by molar-refractivity contribution is 5.38. The molecule has 2 aromatic heterocycles. The summed E-state index contributed by atoms with van der Waals surface area (Å²) in [4.78, 5) is 13.5. The summed E-state index contributed by atoms with van der Waals surface area (Å²) in [7, 11) is 0. The summed E-state index contributed by atoms with van der Waals surface area (Å²) in [6.07, 6.45) is 9.69. The standard InChI is InChI=1S/C24H30N4O2/c1-17-5-4-8-19(13-17)14-21-16-28-22(20-9-11-30-12-10-20)25-26-23(28)24(29)27(21)15-18-6-2-3-7-18/h4-5,8,13,16,18,20H,2-3,6-7,9-12,14-15H2,1H3. The Morgan fingerprint density at radius 1 is 1.10 bits per heavy atom. The highest BCUT2D eigenvalue weighted by Crippen LogP contribution is 2.28. The fraction of sp³-hybridized carbons (Fsp3) is 0.542. The van der Waals surface area contributed by atoms with Crippen LogP contribution in [0.1, 0.15) is 67.1 Å². The van der Waals surface area contributed by atoms with Gasteiger partial charge in [-0.1, -0.05) is 42.7 Å². The van der Waals surface area contributed by atoms with E-state index in [9.17, 15) is 4.79 Å². The Labute approximate surface area is 176 Å². The van der Waals surface area contributed by atoms with Gasteiger partial charge in [0.25, 0.3) is 5.56 Å². The second-order valence-electron chi connectivity index (χ2n) is 8.99. The van der Waals surface area contributed by atoms with Gasteiger partial charge in [-0.2, -0.15) is 0 Å². The van der Waals surface area contributed by atoms with Gasteiger partial charge in [-0.3, -0.25) is 9.20 Å². The fourth-order valence-corrected chi connectivity index (χ4v) is 5.10. The number of hydrogen-bond acceptors (Lipinski definition) is 4. The molecule has 0 radical (unpaired) electrons. The van der Waals surface area contributed by atoms with Gasteiger partial charge in [0.15, 0.2) is 0 Å². The number of nitrogens with zero attached hydrogens (tertiary/aromatic N) is 4. The van der Waals surface area contributed by atoms with Crippen molar-refractivity contribution in [2.45, 2.75) is 64.3 Å². The van der Waals surface area contributed by atoms with Crippen molar-refractivity contribution in [1.29, 1.82) is 0 Å². The van der Waals surface area contributed by atoms with E-state index in [1.807, 2.05) is 8.97 Å². The third-order valence-corrected chi connectivity index (χ3v) is 6.75. The zero-order valence-electron chi connectivity index (χ0n) is 17.7. The van der Waals surface area contributed by atoms with Crippen molar-refractivity contribution in [2.75, 3.05) is 13.2 Å². The van der Waals surface area contributed by atoms with Crippen LogP contribution in [0.3, 0.4) is 0 Å². The topological polar surface area (TPSA) is 61.4 Å². The minimum Gasteiger partial charge on any atom is -0.381 e. The maximum Gasteiger partial charge on any atom is 0.296 e. The van der Waals surface area contributed by atoms with Gasteiger partial charge in [0.2, 0.25) is 5.65 Å². The molecule has 6 nitrogen and oxygen atoms in total. The summed E-state index contributed by atoms with van der Waals surface area (Å²) >= 11 is 0. The lowest BCUT2D eigenvalue weighted by Gasteiger charge is -2.21. The molecule has 2 fully saturated rings. The Kier molecular flexibility index (Phi) is 5.42. The summed E-state index contributed by atoms with van der Waals surface area (Å²) in [6, 6.07) is 8.56. The third kappa shape index (κ3) is 3.81. The SMILES string of the molecule is Cc1cccc(Cc2cn3c(C4CCOCC4)nnc3c(=O)n2CC2CCCC2)c1. The van der Waals surface area contributed by atoms with Crippen LogP contribution in [0.4, 0.5) is 0 Å². The number of aryl methyl sites for hydroxylation is 1. The van der Waals surface area contributed by atoms with E-state index >= 15 is 0 Å². The van der Waals surface area contributed by atoms with Gasteiger partial charge in [-0.15, -0.1) is 10.2 Å². The first-order chi connectivity index (χ1) is 14.7. The van der Waals surface area contributed by atoms with E-state index in [0.717, 1.165) is 50.5 Å². The number of fused-ring (bicyclic) bond motifs is 1. The summed E-state index contributed by atoms with van der Waals surface area (Å²) in [5, 5.41) is 8.79. The van der Waals surface area contributed by atoms with Gasteiger partial charge < -0.3 is 9.30 Å². The number of aromatic nitrogens is 4. The Morgan fingerprint density at radius 2 is 1.90 bits per heavy atom. The molecule has 1 aromatic carbocycles. The lowest BCUT2D eigenvalue weighted by atomic mass is 9.99. The van der Waals surface area contributed by atoms with Gasteiger partial charge in [-0.05, 0) is 44.1 Å². The summed E-state index contributed by atoms with van der Waals surface area (Å²) in [6.45, 7) is 4.39. The van der Waals surface area contributed by atoms with Crippen LogP contribution in [-0.2, 0) is 17.7 Å². The van der Waals surface area contributed by atoms with Crippen LogP contribution < -0.4 is 5.56 Å². The molecule has 158 valence electrons. The smallest absolute Gasteiger partial charge is 0.296 e. The Hall–Kier alpha value is -2.47. The van der Waals surface area contributed by atoms with Crippen molar-refractivity contribution >= 4 is 5.65 Å². The monoisotopic (exact) mass is 406 g/mol. The number of ether oxygens (including phenoxy) is 1. The molecule has 0 spiro atoms. The summed E-state index contributed by atoms with van der Waals surface area (Å²) < 4.78 is 9.47. The molecule has 0 N–H and O–H groups in total. The molecule has 1 aliphatic carbocycles. The molecule has 1 saturated heterocycles. The van der Waals surface area contributed by atoms with Crippen molar-refractivity contribution in [3.8, 4) is 0 Å². The van der Waals surface area contributed by atoms with Crippen LogP contribution in [0, 0.1) is 12.8 Å². The molecule has 0 unspecified atom stereocenters. The van der Waals surface area contributed by atoms with E-state index < -0.39 is 0 Å². The van der Waals surface area contributed by atoms with Crippen LogP contribution >= 0.6 is 0 Å². The highest BCUT2D eigenvalue weighted by Gasteiger charge is 2.25. The largest absolute Gasteiger partial charge is 0.381 e. The molecular weight excluding hydrogens is 376 g/mol. The Morgan fingerprint density at radius 3 is 2.67 bits per heavy atom. The van der Waals surface area contributed by atoms with Gasteiger partial charge in [-0.25, -0.2) is 0 Å². The average molecular weight is 407 g/mol. The van der Waals surface area contributed by atoms with Crippen molar-refractivity contribution in [2.24, 2.45) is 5.92 Å². The van der Waals surface area contributed by atoms with E-state index in [-0.39, 0.29) is 5.56 Å². The molecule has 3 heterocycles. The molecule has 0 amide bonds.